The predicted molar refractivity (Wildman–Crippen MR) is 130 cm³/mol. The molecule has 0 unspecified atom stereocenters. The highest BCUT2D eigenvalue weighted by atomic mass is 16.5. The molecule has 0 saturated carbocycles. The van der Waals surface area contributed by atoms with Crippen molar-refractivity contribution in [1.29, 1.82) is 0 Å². The van der Waals surface area contributed by atoms with Gasteiger partial charge in [0.15, 0.2) is 11.5 Å². The van der Waals surface area contributed by atoms with Crippen molar-refractivity contribution in [2.75, 3.05) is 32.5 Å². The SMILES string of the molecule is COc1ccc([C@H]2NC3=NCN(Cc4cccnc4)CN3c3nc4ccccc4n32)cc1OC. The maximum absolute atomic E-state index is 5.57. The molecule has 0 saturated heterocycles. The highest BCUT2D eigenvalue weighted by Crippen LogP contribution is 2.37. The maximum Gasteiger partial charge on any atom is 0.216 e. The molecule has 0 fully saturated rings. The summed E-state index contributed by atoms with van der Waals surface area (Å²) in [5.74, 6) is 3.04. The fraction of sp³-hybridized carbons (Fsp3) is 0.240. The molecule has 2 aliphatic heterocycles. The van der Waals surface area contributed by atoms with Crippen LogP contribution in [0.2, 0.25) is 0 Å². The van der Waals surface area contributed by atoms with Crippen LogP contribution in [-0.4, -0.2) is 53.0 Å². The van der Waals surface area contributed by atoms with Gasteiger partial charge < -0.3 is 14.8 Å². The number of ether oxygens (including phenoxy) is 2. The molecule has 4 aromatic rings. The number of para-hydroxylation sites is 2. The number of imidazole rings is 1. The number of methoxy groups -OCH3 is 2. The second kappa shape index (κ2) is 8.35. The van der Waals surface area contributed by atoms with Crippen LogP contribution in [0.4, 0.5) is 5.95 Å². The predicted octanol–water partition coefficient (Wildman–Crippen LogP) is 3.19. The summed E-state index contributed by atoms with van der Waals surface area (Å²) in [6.45, 7) is 2.02. The van der Waals surface area contributed by atoms with Gasteiger partial charge in [-0.2, -0.15) is 0 Å². The van der Waals surface area contributed by atoms with Crippen LogP contribution in [0, 0.1) is 0 Å². The molecule has 172 valence electrons. The number of aromatic nitrogens is 3. The van der Waals surface area contributed by atoms with Crippen molar-refractivity contribution in [2.24, 2.45) is 4.99 Å². The molecule has 9 heteroatoms. The second-order valence-electron chi connectivity index (χ2n) is 8.31. The number of hydrogen-bond acceptors (Lipinski definition) is 8. The Kier molecular flexibility index (Phi) is 5.03. The fourth-order valence-electron chi connectivity index (χ4n) is 4.61. The van der Waals surface area contributed by atoms with E-state index in [1.54, 1.807) is 20.4 Å². The molecule has 0 aliphatic carbocycles. The molecule has 0 amide bonds. The maximum atomic E-state index is 5.57. The van der Waals surface area contributed by atoms with Gasteiger partial charge in [0.2, 0.25) is 11.9 Å². The minimum atomic E-state index is -0.193. The number of aliphatic imine (C=N–C) groups is 1. The molecule has 2 aromatic heterocycles. The van der Waals surface area contributed by atoms with Crippen molar-refractivity contribution in [3.8, 4) is 11.5 Å². The molecular weight excluding hydrogens is 430 g/mol. The zero-order chi connectivity index (χ0) is 23.1. The monoisotopic (exact) mass is 455 g/mol. The number of hydrogen-bond donors (Lipinski definition) is 1. The minimum Gasteiger partial charge on any atom is -0.493 e. The van der Waals surface area contributed by atoms with Crippen LogP contribution >= 0.6 is 0 Å². The lowest BCUT2D eigenvalue weighted by molar-refractivity contribution is 0.263. The van der Waals surface area contributed by atoms with Gasteiger partial charge >= 0.3 is 0 Å². The van der Waals surface area contributed by atoms with Crippen molar-refractivity contribution in [2.45, 2.75) is 12.7 Å². The topological polar surface area (TPSA) is 80.0 Å². The number of benzene rings is 2. The molecule has 9 nitrogen and oxygen atoms in total. The molecule has 0 spiro atoms. The Morgan fingerprint density at radius 3 is 2.74 bits per heavy atom. The third-order valence-electron chi connectivity index (χ3n) is 6.21. The number of fused-ring (bicyclic) bond motifs is 5. The largest absolute Gasteiger partial charge is 0.493 e. The van der Waals surface area contributed by atoms with Crippen molar-refractivity contribution in [3.63, 3.8) is 0 Å². The van der Waals surface area contributed by atoms with E-state index in [9.17, 15) is 0 Å². The summed E-state index contributed by atoms with van der Waals surface area (Å²) in [5.41, 5.74) is 4.17. The first-order valence-electron chi connectivity index (χ1n) is 11.1. The Balaban J connectivity index is 1.42. The zero-order valence-corrected chi connectivity index (χ0v) is 19.0. The highest BCUT2D eigenvalue weighted by molar-refractivity contribution is 5.98. The lowest BCUT2D eigenvalue weighted by Crippen LogP contribution is -2.57. The number of anilines is 1. The van der Waals surface area contributed by atoms with Gasteiger partial charge in [-0.15, -0.1) is 0 Å². The lowest BCUT2D eigenvalue weighted by atomic mass is 10.1. The molecule has 0 bridgehead atoms. The first kappa shape index (κ1) is 20.5. The number of pyridine rings is 1. The van der Waals surface area contributed by atoms with Gasteiger partial charge in [-0.1, -0.05) is 24.3 Å². The van der Waals surface area contributed by atoms with E-state index in [-0.39, 0.29) is 6.17 Å². The molecule has 6 rings (SSSR count). The molecule has 34 heavy (non-hydrogen) atoms. The lowest BCUT2D eigenvalue weighted by Gasteiger charge is -2.41. The molecule has 1 N–H and O–H groups in total. The molecular formula is C25H25N7O2. The summed E-state index contributed by atoms with van der Waals surface area (Å²) in [4.78, 5) is 18.5. The smallest absolute Gasteiger partial charge is 0.216 e. The van der Waals surface area contributed by atoms with E-state index in [1.807, 2.05) is 48.7 Å². The number of nitrogens with one attached hydrogen (secondary N) is 1. The summed E-state index contributed by atoms with van der Waals surface area (Å²) in [6, 6.07) is 18.2. The average Bonchev–Trinajstić information content (AvgIpc) is 3.28. The van der Waals surface area contributed by atoms with Crippen LogP contribution in [0.15, 0.2) is 72.0 Å². The Bertz CT molecular complexity index is 1370. The van der Waals surface area contributed by atoms with Crippen molar-refractivity contribution < 1.29 is 9.47 Å². The molecule has 4 heterocycles. The first-order valence-corrected chi connectivity index (χ1v) is 11.1. The quantitative estimate of drug-likeness (QED) is 0.495. The standard InChI is InChI=1S/C25H25N7O2/c1-33-21-10-9-18(12-22(21)34-2)23-29-24-27-15-30(14-17-6-5-11-26-13-17)16-31(24)25-28-19-7-3-4-8-20(19)32(23)25/h3-13,23H,14-16H2,1-2H3,(H,27,29)/t23-/m0/s1. The summed E-state index contributed by atoms with van der Waals surface area (Å²) in [5, 5.41) is 3.64. The van der Waals surface area contributed by atoms with E-state index in [4.69, 9.17) is 19.5 Å². The Morgan fingerprint density at radius 1 is 1.03 bits per heavy atom. The van der Waals surface area contributed by atoms with Gasteiger partial charge in [0.1, 0.15) is 6.17 Å². The van der Waals surface area contributed by atoms with Crippen molar-refractivity contribution in [1.82, 2.24) is 24.8 Å². The van der Waals surface area contributed by atoms with Gasteiger partial charge in [-0.3, -0.25) is 19.4 Å². The third kappa shape index (κ3) is 3.41. The van der Waals surface area contributed by atoms with Crippen molar-refractivity contribution >= 4 is 22.9 Å². The minimum absolute atomic E-state index is 0.193. The van der Waals surface area contributed by atoms with Crippen LogP contribution in [-0.2, 0) is 6.54 Å². The van der Waals surface area contributed by atoms with E-state index in [0.29, 0.717) is 24.8 Å². The van der Waals surface area contributed by atoms with Crippen LogP contribution in [0.25, 0.3) is 11.0 Å². The summed E-state index contributed by atoms with van der Waals surface area (Å²) in [7, 11) is 3.29. The zero-order valence-electron chi connectivity index (χ0n) is 19.0. The Morgan fingerprint density at radius 2 is 1.91 bits per heavy atom. The van der Waals surface area contributed by atoms with E-state index in [0.717, 1.165) is 40.6 Å². The van der Waals surface area contributed by atoms with E-state index >= 15 is 0 Å². The number of guanidine groups is 1. The fourth-order valence-corrected chi connectivity index (χ4v) is 4.61. The first-order chi connectivity index (χ1) is 16.7. The highest BCUT2D eigenvalue weighted by Gasteiger charge is 2.36. The second-order valence-corrected chi connectivity index (χ2v) is 8.31. The normalized spacial score (nSPS) is 17.5. The van der Waals surface area contributed by atoms with Gasteiger partial charge in [0.05, 0.1) is 38.6 Å². The average molecular weight is 456 g/mol. The molecule has 0 radical (unpaired) electrons. The van der Waals surface area contributed by atoms with Gasteiger partial charge in [0, 0.05) is 18.9 Å². The summed E-state index contributed by atoms with van der Waals surface area (Å²) < 4.78 is 13.2. The van der Waals surface area contributed by atoms with Crippen LogP contribution in [0.5, 0.6) is 11.5 Å². The van der Waals surface area contributed by atoms with Gasteiger partial charge in [0.25, 0.3) is 0 Å². The van der Waals surface area contributed by atoms with Crippen LogP contribution in [0.3, 0.4) is 0 Å². The van der Waals surface area contributed by atoms with Crippen LogP contribution < -0.4 is 19.7 Å². The Hall–Kier alpha value is -4.11. The Labute approximate surface area is 197 Å². The van der Waals surface area contributed by atoms with Gasteiger partial charge in [-0.05, 0) is 41.5 Å². The number of nitrogens with zero attached hydrogens (tertiary/aromatic N) is 6. The number of rotatable bonds is 5. The third-order valence-corrected chi connectivity index (χ3v) is 6.21. The van der Waals surface area contributed by atoms with E-state index < -0.39 is 0 Å². The van der Waals surface area contributed by atoms with Crippen molar-refractivity contribution in [3.05, 3.63) is 78.1 Å². The molecule has 1 atom stereocenters. The van der Waals surface area contributed by atoms with E-state index in [2.05, 4.69) is 36.8 Å². The molecule has 2 aromatic carbocycles. The van der Waals surface area contributed by atoms with E-state index in [1.165, 1.54) is 0 Å². The van der Waals surface area contributed by atoms with Gasteiger partial charge in [-0.25, -0.2) is 9.98 Å². The molecule has 2 aliphatic rings. The summed E-state index contributed by atoms with van der Waals surface area (Å²) >= 11 is 0. The summed E-state index contributed by atoms with van der Waals surface area (Å²) in [6.07, 6.45) is 3.50. The van der Waals surface area contributed by atoms with Crippen LogP contribution in [0.1, 0.15) is 17.3 Å².